The van der Waals surface area contributed by atoms with Gasteiger partial charge in [-0.25, -0.2) is 4.39 Å². The predicted molar refractivity (Wildman–Crippen MR) is 63.7 cm³/mol. The molecule has 0 radical (unpaired) electrons. The Morgan fingerprint density at radius 3 is 2.73 bits per heavy atom. The smallest absolute Gasteiger partial charge is 0.123 e. The lowest BCUT2D eigenvalue weighted by Gasteiger charge is -2.05. The molecule has 2 rings (SSSR count). The zero-order valence-electron chi connectivity index (χ0n) is 8.37. The Morgan fingerprint density at radius 1 is 1.27 bits per heavy atom. The van der Waals surface area contributed by atoms with E-state index in [0.717, 1.165) is 22.1 Å². The van der Waals surface area contributed by atoms with Crippen molar-refractivity contribution < 1.29 is 4.39 Å². The summed E-state index contributed by atoms with van der Waals surface area (Å²) < 4.78 is 13.0. The topological polar surface area (TPSA) is 12.9 Å². The molecule has 1 heterocycles. The molecule has 1 aromatic carbocycles. The Hall–Kier alpha value is -1.27. The molecule has 0 aliphatic carbocycles. The number of benzene rings is 1. The van der Waals surface area contributed by atoms with E-state index in [0.29, 0.717) is 0 Å². The van der Waals surface area contributed by atoms with Gasteiger partial charge in [0.15, 0.2) is 0 Å². The molecule has 0 N–H and O–H groups in total. The molecule has 2 aromatic rings. The molecule has 15 heavy (non-hydrogen) atoms. The molecule has 1 atom stereocenters. The van der Waals surface area contributed by atoms with Gasteiger partial charge in [-0.05, 0) is 36.0 Å². The summed E-state index contributed by atoms with van der Waals surface area (Å²) in [5.41, 5.74) is 2.71. The molecule has 3 heteroatoms. The summed E-state index contributed by atoms with van der Waals surface area (Å²) in [6, 6.07) is 8.48. The number of halogens is 1. The average molecular weight is 219 g/mol. The highest BCUT2D eigenvalue weighted by Crippen LogP contribution is 2.17. The minimum atomic E-state index is -0.237. The molecule has 0 saturated heterocycles. The van der Waals surface area contributed by atoms with Crippen LogP contribution in [0, 0.1) is 12.7 Å². The Kier molecular flexibility index (Phi) is 2.79. The van der Waals surface area contributed by atoms with Crippen molar-refractivity contribution >= 4 is 14.5 Å². The van der Waals surface area contributed by atoms with Crippen LogP contribution in [0.2, 0.25) is 0 Å². The van der Waals surface area contributed by atoms with Crippen LogP contribution in [-0.4, -0.2) is 4.98 Å². The third kappa shape index (κ3) is 2.21. The van der Waals surface area contributed by atoms with Crippen LogP contribution in [0.5, 0.6) is 0 Å². The third-order valence-electron chi connectivity index (χ3n) is 2.15. The second-order valence-corrected chi connectivity index (χ2v) is 4.08. The van der Waals surface area contributed by atoms with Crippen molar-refractivity contribution in [1.82, 2.24) is 4.98 Å². The van der Waals surface area contributed by atoms with E-state index in [1.807, 2.05) is 19.1 Å². The van der Waals surface area contributed by atoms with Crippen LogP contribution in [0.4, 0.5) is 4.39 Å². The van der Waals surface area contributed by atoms with Crippen molar-refractivity contribution in [2.45, 2.75) is 6.92 Å². The number of aryl methyl sites for hydroxylation is 1. The van der Waals surface area contributed by atoms with Gasteiger partial charge in [0.05, 0.1) is 5.69 Å². The lowest BCUT2D eigenvalue weighted by atomic mass is 10.1. The molecule has 0 bridgehead atoms. The summed E-state index contributed by atoms with van der Waals surface area (Å²) in [5, 5.41) is 0.987. The third-order valence-corrected chi connectivity index (χ3v) is 2.59. The van der Waals surface area contributed by atoms with E-state index in [9.17, 15) is 4.39 Å². The van der Waals surface area contributed by atoms with Crippen molar-refractivity contribution in [2.24, 2.45) is 0 Å². The zero-order chi connectivity index (χ0) is 10.8. The predicted octanol–water partition coefficient (Wildman–Crippen LogP) is 2.70. The fourth-order valence-corrected chi connectivity index (χ4v) is 1.97. The lowest BCUT2D eigenvalue weighted by molar-refractivity contribution is 0.628. The summed E-state index contributed by atoms with van der Waals surface area (Å²) in [6.07, 6.45) is 1.79. The Balaban J connectivity index is 2.54. The first-order valence-corrected chi connectivity index (χ1v) is 5.22. The summed E-state index contributed by atoms with van der Waals surface area (Å²) >= 11 is 0. The highest BCUT2D eigenvalue weighted by molar-refractivity contribution is 7.27. The molecule has 1 nitrogen and oxygen atoms in total. The maximum Gasteiger partial charge on any atom is 0.123 e. The standard InChI is InChI=1S/C12H11FNP/c1-8-5-11(15)12(14-7-8)9-3-2-4-10(13)6-9/h2-7H,15H2,1H3. The second-order valence-electron chi connectivity index (χ2n) is 3.46. The largest absolute Gasteiger partial charge is 0.255 e. The monoisotopic (exact) mass is 219 g/mol. The SMILES string of the molecule is Cc1cnc(-c2cccc(F)c2)c(P)c1. The first kappa shape index (κ1) is 10.3. The van der Waals surface area contributed by atoms with Gasteiger partial charge in [0.1, 0.15) is 5.82 Å². The Bertz CT molecular complexity index is 497. The minimum Gasteiger partial charge on any atom is -0.255 e. The number of nitrogens with zero attached hydrogens (tertiary/aromatic N) is 1. The van der Waals surface area contributed by atoms with Gasteiger partial charge in [-0.2, -0.15) is 0 Å². The lowest BCUT2D eigenvalue weighted by Crippen LogP contribution is -2.01. The van der Waals surface area contributed by atoms with Crippen LogP contribution in [-0.2, 0) is 0 Å². The quantitative estimate of drug-likeness (QED) is 0.672. The summed E-state index contributed by atoms with van der Waals surface area (Å²) in [4.78, 5) is 4.30. The average Bonchev–Trinajstić information content (AvgIpc) is 2.17. The molecule has 0 aliphatic rings. The van der Waals surface area contributed by atoms with Crippen LogP contribution >= 0.6 is 9.24 Å². The van der Waals surface area contributed by atoms with E-state index in [1.54, 1.807) is 12.3 Å². The highest BCUT2D eigenvalue weighted by Gasteiger charge is 2.04. The maximum absolute atomic E-state index is 13.0. The van der Waals surface area contributed by atoms with E-state index >= 15 is 0 Å². The van der Waals surface area contributed by atoms with Crippen molar-refractivity contribution in [3.05, 3.63) is 47.9 Å². The molecule has 0 saturated carbocycles. The molecule has 0 spiro atoms. The van der Waals surface area contributed by atoms with Crippen LogP contribution in [0.3, 0.4) is 0 Å². The Labute approximate surface area is 90.6 Å². The maximum atomic E-state index is 13.0. The fourth-order valence-electron chi connectivity index (χ4n) is 1.47. The van der Waals surface area contributed by atoms with Gasteiger partial charge < -0.3 is 0 Å². The van der Waals surface area contributed by atoms with E-state index < -0.39 is 0 Å². The number of aromatic nitrogens is 1. The molecule has 1 aromatic heterocycles. The Morgan fingerprint density at radius 2 is 2.07 bits per heavy atom. The first-order chi connectivity index (χ1) is 7.16. The van der Waals surface area contributed by atoms with Crippen LogP contribution < -0.4 is 5.30 Å². The molecule has 0 aliphatic heterocycles. The number of rotatable bonds is 1. The van der Waals surface area contributed by atoms with Crippen molar-refractivity contribution in [2.75, 3.05) is 0 Å². The summed E-state index contributed by atoms with van der Waals surface area (Å²) in [7, 11) is 2.63. The molecule has 1 unspecified atom stereocenters. The molecule has 76 valence electrons. The first-order valence-electron chi connectivity index (χ1n) is 4.65. The van der Waals surface area contributed by atoms with Crippen LogP contribution in [0.25, 0.3) is 11.3 Å². The van der Waals surface area contributed by atoms with Gasteiger partial charge in [-0.3, -0.25) is 4.98 Å². The molecular weight excluding hydrogens is 208 g/mol. The van der Waals surface area contributed by atoms with Gasteiger partial charge in [0.2, 0.25) is 0 Å². The minimum absolute atomic E-state index is 0.237. The second kappa shape index (κ2) is 4.08. The fraction of sp³-hybridized carbons (Fsp3) is 0.0833. The zero-order valence-corrected chi connectivity index (χ0v) is 9.52. The van der Waals surface area contributed by atoms with Crippen molar-refractivity contribution in [3.63, 3.8) is 0 Å². The van der Waals surface area contributed by atoms with E-state index in [4.69, 9.17) is 0 Å². The van der Waals surface area contributed by atoms with E-state index in [2.05, 4.69) is 14.2 Å². The number of hydrogen-bond acceptors (Lipinski definition) is 1. The van der Waals surface area contributed by atoms with Gasteiger partial charge in [0.25, 0.3) is 0 Å². The van der Waals surface area contributed by atoms with Gasteiger partial charge in [-0.1, -0.05) is 12.1 Å². The normalized spacial score (nSPS) is 10.3. The van der Waals surface area contributed by atoms with Gasteiger partial charge in [0, 0.05) is 11.8 Å². The van der Waals surface area contributed by atoms with E-state index in [1.165, 1.54) is 12.1 Å². The molecular formula is C12H11FNP. The van der Waals surface area contributed by atoms with Crippen LogP contribution in [0.15, 0.2) is 36.5 Å². The van der Waals surface area contributed by atoms with Crippen LogP contribution in [0.1, 0.15) is 5.56 Å². The van der Waals surface area contributed by atoms with Crippen molar-refractivity contribution in [1.29, 1.82) is 0 Å². The molecule has 0 fully saturated rings. The summed E-state index contributed by atoms with van der Waals surface area (Å²) in [5.74, 6) is -0.237. The number of pyridine rings is 1. The van der Waals surface area contributed by atoms with Gasteiger partial charge >= 0.3 is 0 Å². The highest BCUT2D eigenvalue weighted by atomic mass is 31.0. The number of hydrogen-bond donors (Lipinski definition) is 0. The molecule has 0 amide bonds. The van der Waals surface area contributed by atoms with Gasteiger partial charge in [-0.15, -0.1) is 9.24 Å². The van der Waals surface area contributed by atoms with E-state index in [-0.39, 0.29) is 5.82 Å². The van der Waals surface area contributed by atoms with Crippen molar-refractivity contribution in [3.8, 4) is 11.3 Å². The summed E-state index contributed by atoms with van der Waals surface area (Å²) in [6.45, 7) is 1.98.